The van der Waals surface area contributed by atoms with Crippen LogP contribution in [0.4, 0.5) is 5.82 Å². The minimum absolute atomic E-state index is 0.828. The molecule has 0 fully saturated rings. The Kier molecular flexibility index (Phi) is 4.05. The lowest BCUT2D eigenvalue weighted by Crippen LogP contribution is -2.24. The number of fused-ring (bicyclic) bond motifs is 1. The van der Waals surface area contributed by atoms with Crippen LogP contribution in [0.2, 0.25) is 0 Å². The first-order chi connectivity index (χ1) is 9.83. The first kappa shape index (κ1) is 13.6. The van der Waals surface area contributed by atoms with Crippen molar-refractivity contribution in [1.82, 2.24) is 14.7 Å². The van der Waals surface area contributed by atoms with Gasteiger partial charge in [-0.15, -0.1) is 22.7 Å². The van der Waals surface area contributed by atoms with E-state index in [0.29, 0.717) is 0 Å². The summed E-state index contributed by atoms with van der Waals surface area (Å²) in [6.07, 6.45) is 2.10. The van der Waals surface area contributed by atoms with Gasteiger partial charge in [0.1, 0.15) is 0 Å². The molecule has 1 N–H and O–H groups in total. The van der Waals surface area contributed by atoms with Crippen molar-refractivity contribution in [3.63, 3.8) is 0 Å². The van der Waals surface area contributed by atoms with Gasteiger partial charge in [0.2, 0.25) is 0 Å². The molecular formula is C14H18N4S2. The monoisotopic (exact) mass is 306 g/mol. The fourth-order valence-corrected chi connectivity index (χ4v) is 3.78. The van der Waals surface area contributed by atoms with E-state index in [1.54, 1.807) is 22.7 Å². The van der Waals surface area contributed by atoms with Crippen molar-refractivity contribution < 1.29 is 0 Å². The minimum Gasteiger partial charge on any atom is -0.350 e. The number of aromatic nitrogens is 2. The highest BCUT2D eigenvalue weighted by atomic mass is 32.1. The highest BCUT2D eigenvalue weighted by Crippen LogP contribution is 2.26. The smallest absolute Gasteiger partial charge is 0.195 e. The molecule has 0 aromatic carbocycles. The summed E-state index contributed by atoms with van der Waals surface area (Å²) < 4.78 is 2.19. The molecule has 0 atom stereocenters. The number of anilines is 1. The summed E-state index contributed by atoms with van der Waals surface area (Å²) in [6, 6.07) is 4.29. The van der Waals surface area contributed by atoms with Crippen LogP contribution in [0.3, 0.4) is 0 Å². The van der Waals surface area contributed by atoms with Gasteiger partial charge in [-0.25, -0.2) is 4.98 Å². The van der Waals surface area contributed by atoms with Gasteiger partial charge in [-0.3, -0.25) is 4.40 Å². The second-order valence-corrected chi connectivity index (χ2v) is 6.47. The fourth-order valence-electron chi connectivity index (χ4n) is 2.33. The van der Waals surface area contributed by atoms with Crippen molar-refractivity contribution in [3.05, 3.63) is 39.7 Å². The Morgan fingerprint density at radius 1 is 1.35 bits per heavy atom. The maximum Gasteiger partial charge on any atom is 0.195 e. The number of hydrogen-bond donors (Lipinski definition) is 1. The van der Waals surface area contributed by atoms with Gasteiger partial charge in [-0.1, -0.05) is 6.07 Å². The molecule has 3 rings (SSSR count). The molecule has 3 aromatic heterocycles. The SMILES string of the molecule is CCN(Cc1cccs1)c1nc2sccn2c1CNC. The predicted molar refractivity (Wildman–Crippen MR) is 86.9 cm³/mol. The van der Waals surface area contributed by atoms with Crippen molar-refractivity contribution >= 4 is 33.5 Å². The van der Waals surface area contributed by atoms with Gasteiger partial charge >= 0.3 is 0 Å². The van der Waals surface area contributed by atoms with Crippen LogP contribution >= 0.6 is 22.7 Å². The molecule has 0 aliphatic rings. The van der Waals surface area contributed by atoms with Gasteiger partial charge in [0.25, 0.3) is 0 Å². The van der Waals surface area contributed by atoms with Crippen LogP contribution in [0.5, 0.6) is 0 Å². The molecular weight excluding hydrogens is 288 g/mol. The molecule has 0 amide bonds. The second kappa shape index (κ2) is 5.95. The number of nitrogens with zero attached hydrogens (tertiary/aromatic N) is 3. The molecule has 0 unspecified atom stereocenters. The van der Waals surface area contributed by atoms with E-state index < -0.39 is 0 Å². The van der Waals surface area contributed by atoms with Crippen molar-refractivity contribution in [1.29, 1.82) is 0 Å². The first-order valence-corrected chi connectivity index (χ1v) is 8.45. The van der Waals surface area contributed by atoms with E-state index in [9.17, 15) is 0 Å². The van der Waals surface area contributed by atoms with E-state index in [4.69, 9.17) is 4.98 Å². The van der Waals surface area contributed by atoms with Crippen LogP contribution in [0.1, 0.15) is 17.5 Å². The van der Waals surface area contributed by atoms with Crippen LogP contribution in [0, 0.1) is 0 Å². The minimum atomic E-state index is 0.828. The van der Waals surface area contributed by atoms with Crippen molar-refractivity contribution in [2.75, 3.05) is 18.5 Å². The predicted octanol–water partition coefficient (Wildman–Crippen LogP) is 3.20. The lowest BCUT2D eigenvalue weighted by atomic mass is 10.3. The zero-order chi connectivity index (χ0) is 13.9. The van der Waals surface area contributed by atoms with Crippen molar-refractivity contribution in [3.8, 4) is 0 Å². The molecule has 6 heteroatoms. The van der Waals surface area contributed by atoms with E-state index >= 15 is 0 Å². The van der Waals surface area contributed by atoms with Crippen LogP contribution in [-0.4, -0.2) is 23.0 Å². The highest BCUT2D eigenvalue weighted by Gasteiger charge is 2.18. The summed E-state index contributed by atoms with van der Waals surface area (Å²) in [7, 11) is 1.98. The maximum atomic E-state index is 4.82. The molecule has 0 aliphatic carbocycles. The summed E-state index contributed by atoms with van der Waals surface area (Å²) >= 11 is 3.48. The lowest BCUT2D eigenvalue weighted by molar-refractivity contribution is 0.759. The largest absolute Gasteiger partial charge is 0.350 e. The maximum absolute atomic E-state index is 4.82. The fraction of sp³-hybridized carbons (Fsp3) is 0.357. The number of imidazole rings is 1. The number of thiophene rings is 1. The van der Waals surface area contributed by atoms with Gasteiger partial charge in [0.15, 0.2) is 10.8 Å². The molecule has 106 valence electrons. The average molecular weight is 306 g/mol. The summed E-state index contributed by atoms with van der Waals surface area (Å²) in [5, 5.41) is 7.46. The first-order valence-electron chi connectivity index (χ1n) is 6.69. The summed E-state index contributed by atoms with van der Waals surface area (Å²) in [5.41, 5.74) is 1.24. The Balaban J connectivity index is 1.97. The van der Waals surface area contributed by atoms with Gasteiger partial charge < -0.3 is 10.2 Å². The topological polar surface area (TPSA) is 32.6 Å². The van der Waals surface area contributed by atoms with E-state index in [0.717, 1.165) is 30.4 Å². The third kappa shape index (κ3) is 2.46. The highest BCUT2D eigenvalue weighted by molar-refractivity contribution is 7.15. The third-order valence-corrected chi connectivity index (χ3v) is 4.91. The van der Waals surface area contributed by atoms with E-state index in [1.807, 2.05) is 7.05 Å². The number of rotatable bonds is 6. The summed E-state index contributed by atoms with van der Waals surface area (Å²) in [6.45, 7) is 4.90. The second-order valence-electron chi connectivity index (χ2n) is 4.56. The molecule has 3 aromatic rings. The zero-order valence-electron chi connectivity index (χ0n) is 11.7. The Morgan fingerprint density at radius 3 is 2.95 bits per heavy atom. The summed E-state index contributed by atoms with van der Waals surface area (Å²) in [4.78, 5) is 9.60. The zero-order valence-corrected chi connectivity index (χ0v) is 13.3. The summed E-state index contributed by atoms with van der Waals surface area (Å²) in [5.74, 6) is 1.10. The van der Waals surface area contributed by atoms with Crippen molar-refractivity contribution in [2.45, 2.75) is 20.0 Å². The van der Waals surface area contributed by atoms with E-state index in [2.05, 4.69) is 50.6 Å². The van der Waals surface area contributed by atoms with Gasteiger partial charge in [-0.05, 0) is 25.4 Å². The molecule has 0 bridgehead atoms. The van der Waals surface area contributed by atoms with Gasteiger partial charge in [0, 0.05) is 29.5 Å². The lowest BCUT2D eigenvalue weighted by Gasteiger charge is -2.21. The Labute approximate surface area is 126 Å². The molecule has 3 heterocycles. The number of hydrogen-bond acceptors (Lipinski definition) is 5. The molecule has 0 spiro atoms. The molecule has 4 nitrogen and oxygen atoms in total. The quantitative estimate of drug-likeness (QED) is 0.759. The van der Waals surface area contributed by atoms with E-state index in [1.165, 1.54) is 10.6 Å². The Bertz CT molecular complexity index is 669. The van der Waals surface area contributed by atoms with Crippen LogP contribution in [0.25, 0.3) is 4.96 Å². The van der Waals surface area contributed by atoms with Crippen LogP contribution in [0.15, 0.2) is 29.1 Å². The normalized spacial score (nSPS) is 11.3. The molecule has 0 radical (unpaired) electrons. The standard InChI is InChI=1S/C14H18N4S2/c1-3-17(10-11-5-4-7-19-11)13-12(9-15-2)18-6-8-20-14(18)16-13/h4-8,15H,3,9-10H2,1-2H3. The molecule has 20 heavy (non-hydrogen) atoms. The number of thiazole rings is 1. The molecule has 0 saturated heterocycles. The Hall–Kier alpha value is -1.37. The van der Waals surface area contributed by atoms with Crippen LogP contribution in [-0.2, 0) is 13.1 Å². The molecule has 0 aliphatic heterocycles. The molecule has 0 saturated carbocycles. The van der Waals surface area contributed by atoms with Crippen LogP contribution < -0.4 is 10.2 Å². The number of nitrogens with one attached hydrogen (secondary N) is 1. The van der Waals surface area contributed by atoms with Gasteiger partial charge in [-0.2, -0.15) is 0 Å². The third-order valence-electron chi connectivity index (χ3n) is 3.29. The van der Waals surface area contributed by atoms with Gasteiger partial charge in [0.05, 0.1) is 12.2 Å². The Morgan fingerprint density at radius 2 is 2.25 bits per heavy atom. The van der Waals surface area contributed by atoms with E-state index in [-0.39, 0.29) is 0 Å². The van der Waals surface area contributed by atoms with Crippen molar-refractivity contribution in [2.24, 2.45) is 0 Å². The average Bonchev–Trinajstić information content (AvgIpc) is 3.14.